The van der Waals surface area contributed by atoms with Gasteiger partial charge in [-0.15, -0.1) is 11.3 Å². The largest absolute Gasteiger partial charge is 0.454 e. The number of carbonyl (C=O) groups is 3. The van der Waals surface area contributed by atoms with Gasteiger partial charge in [0.15, 0.2) is 6.61 Å². The van der Waals surface area contributed by atoms with Gasteiger partial charge in [0.05, 0.1) is 10.4 Å². The van der Waals surface area contributed by atoms with Crippen molar-refractivity contribution in [3.8, 4) is 0 Å². The molecular formula is C25H25NO4S. The standard InChI is InChI=1S/C25H25NO4S/c1-18(27)26-16-15-21-13-14-24(31-21)23(28)17-30-25(29)22-10-6-5-9-20(22)12-11-19-7-3-2-4-8-19/h2-10,13-14H,11-12,15-17H2,1H3,(H,26,27). The van der Waals surface area contributed by atoms with Gasteiger partial charge in [0.2, 0.25) is 11.7 Å². The van der Waals surface area contributed by atoms with Gasteiger partial charge in [-0.25, -0.2) is 4.79 Å². The van der Waals surface area contributed by atoms with E-state index in [0.717, 1.165) is 16.9 Å². The van der Waals surface area contributed by atoms with Gasteiger partial charge >= 0.3 is 5.97 Å². The van der Waals surface area contributed by atoms with Crippen LogP contribution in [0.15, 0.2) is 66.7 Å². The van der Waals surface area contributed by atoms with E-state index < -0.39 is 5.97 Å². The number of aryl methyl sites for hydroxylation is 2. The Kier molecular flexibility index (Phi) is 8.12. The molecule has 0 bridgehead atoms. The van der Waals surface area contributed by atoms with Crippen molar-refractivity contribution in [3.63, 3.8) is 0 Å². The molecule has 0 radical (unpaired) electrons. The third-order valence-corrected chi connectivity index (χ3v) is 5.97. The predicted molar refractivity (Wildman–Crippen MR) is 122 cm³/mol. The smallest absolute Gasteiger partial charge is 0.338 e. The van der Waals surface area contributed by atoms with E-state index in [1.165, 1.54) is 23.8 Å². The van der Waals surface area contributed by atoms with E-state index in [1.54, 1.807) is 18.2 Å². The van der Waals surface area contributed by atoms with E-state index in [9.17, 15) is 14.4 Å². The fraction of sp³-hybridized carbons (Fsp3) is 0.240. The summed E-state index contributed by atoms with van der Waals surface area (Å²) in [5.74, 6) is -0.797. The fourth-order valence-electron chi connectivity index (χ4n) is 3.16. The van der Waals surface area contributed by atoms with Crippen molar-refractivity contribution in [2.45, 2.75) is 26.2 Å². The van der Waals surface area contributed by atoms with Gasteiger partial charge in [-0.2, -0.15) is 0 Å². The van der Waals surface area contributed by atoms with E-state index in [4.69, 9.17) is 4.74 Å². The first kappa shape index (κ1) is 22.4. The molecule has 0 fully saturated rings. The van der Waals surface area contributed by atoms with Crippen molar-refractivity contribution in [3.05, 3.63) is 93.2 Å². The number of ether oxygens (including phenoxy) is 1. The van der Waals surface area contributed by atoms with Gasteiger partial charge in [0.25, 0.3) is 0 Å². The fourth-order valence-corrected chi connectivity index (χ4v) is 4.10. The normalized spacial score (nSPS) is 10.5. The van der Waals surface area contributed by atoms with E-state index in [0.29, 0.717) is 29.8 Å². The number of carbonyl (C=O) groups excluding carboxylic acids is 3. The molecule has 160 valence electrons. The minimum Gasteiger partial charge on any atom is -0.454 e. The highest BCUT2D eigenvalue weighted by Crippen LogP contribution is 2.18. The summed E-state index contributed by atoms with van der Waals surface area (Å²) in [6.45, 7) is 1.70. The second-order valence-electron chi connectivity index (χ2n) is 7.14. The Hall–Kier alpha value is -3.25. The minimum atomic E-state index is -0.487. The van der Waals surface area contributed by atoms with Crippen molar-refractivity contribution in [2.75, 3.05) is 13.2 Å². The molecule has 2 aromatic carbocycles. The lowest BCUT2D eigenvalue weighted by atomic mass is 10.00. The Labute approximate surface area is 186 Å². The molecule has 0 aliphatic heterocycles. The maximum Gasteiger partial charge on any atom is 0.338 e. The van der Waals surface area contributed by atoms with E-state index in [2.05, 4.69) is 17.4 Å². The molecule has 0 aliphatic rings. The van der Waals surface area contributed by atoms with Crippen LogP contribution in [0.25, 0.3) is 0 Å². The molecule has 0 saturated carbocycles. The zero-order valence-corrected chi connectivity index (χ0v) is 18.2. The van der Waals surface area contributed by atoms with Crippen LogP contribution < -0.4 is 5.32 Å². The van der Waals surface area contributed by atoms with Crippen molar-refractivity contribution < 1.29 is 19.1 Å². The van der Waals surface area contributed by atoms with Gasteiger partial charge in [0.1, 0.15) is 0 Å². The summed E-state index contributed by atoms with van der Waals surface area (Å²) < 4.78 is 5.32. The maximum atomic E-state index is 12.6. The highest BCUT2D eigenvalue weighted by atomic mass is 32.1. The summed E-state index contributed by atoms with van der Waals surface area (Å²) in [7, 11) is 0. The molecule has 3 aromatic rings. The van der Waals surface area contributed by atoms with Gasteiger partial charge in [-0.3, -0.25) is 9.59 Å². The highest BCUT2D eigenvalue weighted by Gasteiger charge is 2.16. The molecule has 1 aromatic heterocycles. The molecule has 0 spiro atoms. The first-order chi connectivity index (χ1) is 15.0. The molecule has 0 unspecified atom stereocenters. The molecule has 0 saturated heterocycles. The third kappa shape index (κ3) is 6.89. The molecule has 31 heavy (non-hydrogen) atoms. The number of benzene rings is 2. The quantitative estimate of drug-likeness (QED) is 0.382. The van der Waals surface area contributed by atoms with Gasteiger partial charge in [0, 0.05) is 18.3 Å². The van der Waals surface area contributed by atoms with Crippen LogP contribution in [0, 0.1) is 0 Å². The maximum absolute atomic E-state index is 12.6. The molecule has 3 rings (SSSR count). The van der Waals surface area contributed by atoms with Crippen LogP contribution in [0.4, 0.5) is 0 Å². The zero-order chi connectivity index (χ0) is 22.1. The summed E-state index contributed by atoms with van der Waals surface area (Å²) in [5, 5.41) is 2.73. The lowest BCUT2D eigenvalue weighted by Gasteiger charge is -2.09. The average Bonchev–Trinajstić information content (AvgIpc) is 3.25. The second kappa shape index (κ2) is 11.2. The summed E-state index contributed by atoms with van der Waals surface area (Å²) in [6, 6.07) is 21.0. The second-order valence-corrected chi connectivity index (χ2v) is 8.31. The summed E-state index contributed by atoms with van der Waals surface area (Å²) in [6.07, 6.45) is 2.19. The summed E-state index contributed by atoms with van der Waals surface area (Å²) >= 11 is 1.36. The molecule has 5 nitrogen and oxygen atoms in total. The van der Waals surface area contributed by atoms with Crippen molar-refractivity contribution in [1.82, 2.24) is 5.32 Å². The predicted octanol–water partition coefficient (Wildman–Crippen LogP) is 4.25. The Bertz CT molecular complexity index is 1040. The first-order valence-electron chi connectivity index (χ1n) is 10.2. The molecule has 1 heterocycles. The lowest BCUT2D eigenvalue weighted by molar-refractivity contribution is -0.118. The molecule has 6 heteroatoms. The zero-order valence-electron chi connectivity index (χ0n) is 17.4. The molecule has 1 N–H and O–H groups in total. The summed E-state index contributed by atoms with van der Waals surface area (Å²) in [5.41, 5.74) is 2.60. The highest BCUT2D eigenvalue weighted by molar-refractivity contribution is 7.14. The van der Waals surface area contributed by atoms with Crippen molar-refractivity contribution in [1.29, 1.82) is 0 Å². The van der Waals surface area contributed by atoms with Crippen LogP contribution in [0.2, 0.25) is 0 Å². The Morgan fingerprint density at radius 3 is 2.39 bits per heavy atom. The van der Waals surface area contributed by atoms with Crippen LogP contribution in [0.5, 0.6) is 0 Å². The van der Waals surface area contributed by atoms with Gasteiger partial charge in [-0.1, -0.05) is 48.5 Å². The number of Topliss-reactive ketones (excluding diaryl/α,β-unsaturated/α-hetero) is 1. The number of thiophene rings is 1. The first-order valence-corrected chi connectivity index (χ1v) is 11.0. The van der Waals surface area contributed by atoms with Crippen LogP contribution >= 0.6 is 11.3 Å². The van der Waals surface area contributed by atoms with Gasteiger partial charge in [-0.05, 0) is 48.6 Å². The third-order valence-electron chi connectivity index (χ3n) is 4.78. The monoisotopic (exact) mass is 435 g/mol. The van der Waals surface area contributed by atoms with Crippen LogP contribution in [-0.4, -0.2) is 30.8 Å². The van der Waals surface area contributed by atoms with Crippen molar-refractivity contribution >= 4 is 29.0 Å². The Morgan fingerprint density at radius 2 is 1.61 bits per heavy atom. The van der Waals surface area contributed by atoms with E-state index in [1.807, 2.05) is 36.4 Å². The number of hydrogen-bond acceptors (Lipinski definition) is 5. The topological polar surface area (TPSA) is 72.5 Å². The van der Waals surface area contributed by atoms with E-state index in [-0.39, 0.29) is 18.3 Å². The molecule has 1 amide bonds. The molecule has 0 atom stereocenters. The number of hydrogen-bond donors (Lipinski definition) is 1. The average molecular weight is 436 g/mol. The molecular weight excluding hydrogens is 410 g/mol. The number of ketones is 1. The number of rotatable bonds is 10. The Morgan fingerprint density at radius 1 is 0.871 bits per heavy atom. The number of nitrogens with one attached hydrogen (secondary N) is 1. The lowest BCUT2D eigenvalue weighted by Crippen LogP contribution is -2.22. The number of esters is 1. The van der Waals surface area contributed by atoms with Crippen LogP contribution in [0.3, 0.4) is 0 Å². The SMILES string of the molecule is CC(=O)NCCc1ccc(C(=O)COC(=O)c2ccccc2CCc2ccccc2)s1. The van der Waals surface area contributed by atoms with Gasteiger partial charge < -0.3 is 10.1 Å². The Balaban J connectivity index is 1.54. The van der Waals surface area contributed by atoms with E-state index >= 15 is 0 Å². The van der Waals surface area contributed by atoms with Crippen LogP contribution in [0.1, 0.15) is 43.0 Å². The van der Waals surface area contributed by atoms with Crippen LogP contribution in [-0.2, 0) is 28.8 Å². The minimum absolute atomic E-state index is 0.0798. The van der Waals surface area contributed by atoms with Crippen molar-refractivity contribution in [2.24, 2.45) is 0 Å². The summed E-state index contributed by atoms with van der Waals surface area (Å²) in [4.78, 5) is 37.5. The number of amides is 1. The molecule has 0 aliphatic carbocycles.